The summed E-state index contributed by atoms with van der Waals surface area (Å²) in [5.41, 5.74) is 8.31. The number of aryl methyl sites for hydroxylation is 2. The number of ether oxygens (including phenoxy) is 1. The number of nitrogens with zero attached hydrogens (tertiary/aromatic N) is 3. The third-order valence-corrected chi connectivity index (χ3v) is 4.10. The number of nitrogen functional groups attached to an aromatic ring is 1. The first-order valence-corrected chi connectivity index (χ1v) is 7.28. The van der Waals surface area contributed by atoms with Gasteiger partial charge < -0.3 is 10.5 Å². The number of nitrogens with one attached hydrogen (secondary N) is 1. The van der Waals surface area contributed by atoms with Gasteiger partial charge in [0.2, 0.25) is 0 Å². The normalized spacial score (nSPS) is 10.8. The highest BCUT2D eigenvalue weighted by Gasteiger charge is 2.09. The first-order chi connectivity index (χ1) is 10.1. The Labute approximate surface area is 126 Å². The molecule has 21 heavy (non-hydrogen) atoms. The molecule has 7 heteroatoms. The molecule has 2 aromatic heterocycles. The van der Waals surface area contributed by atoms with Crippen LogP contribution in [0.4, 0.5) is 5.82 Å². The molecule has 0 aliphatic heterocycles. The lowest BCUT2D eigenvalue weighted by atomic mass is 10.1. The number of hydrogen-bond acceptors (Lipinski definition) is 6. The molecule has 0 amide bonds. The van der Waals surface area contributed by atoms with Gasteiger partial charge in [0.05, 0.1) is 15.6 Å². The predicted molar refractivity (Wildman–Crippen MR) is 82.2 cm³/mol. The Balaban J connectivity index is 1.78. The van der Waals surface area contributed by atoms with Crippen molar-refractivity contribution in [1.82, 2.24) is 20.4 Å². The number of aromatic nitrogens is 4. The van der Waals surface area contributed by atoms with Crippen molar-refractivity contribution in [3.63, 3.8) is 0 Å². The van der Waals surface area contributed by atoms with Crippen LogP contribution in [-0.4, -0.2) is 20.4 Å². The fourth-order valence-corrected chi connectivity index (χ4v) is 2.89. The minimum atomic E-state index is 0.445. The summed E-state index contributed by atoms with van der Waals surface area (Å²) in [6, 6.07) is 7.63. The van der Waals surface area contributed by atoms with E-state index in [0.717, 1.165) is 26.9 Å². The van der Waals surface area contributed by atoms with Crippen LogP contribution in [0.15, 0.2) is 24.3 Å². The van der Waals surface area contributed by atoms with Crippen molar-refractivity contribution in [2.75, 3.05) is 5.73 Å². The van der Waals surface area contributed by atoms with Crippen LogP contribution >= 0.6 is 11.3 Å². The van der Waals surface area contributed by atoms with Crippen molar-refractivity contribution < 1.29 is 4.74 Å². The van der Waals surface area contributed by atoms with Crippen LogP contribution in [0.3, 0.4) is 0 Å². The molecule has 2 heterocycles. The van der Waals surface area contributed by atoms with Crippen LogP contribution in [0.5, 0.6) is 5.75 Å². The van der Waals surface area contributed by atoms with Gasteiger partial charge in [-0.05, 0) is 26.0 Å². The summed E-state index contributed by atoms with van der Waals surface area (Å²) in [6.07, 6.45) is 0. The van der Waals surface area contributed by atoms with Crippen LogP contribution in [0.2, 0.25) is 0 Å². The monoisotopic (exact) mass is 301 g/mol. The number of H-pyrrole nitrogens is 1. The Hall–Kier alpha value is -2.41. The Morgan fingerprint density at radius 2 is 2.19 bits per heavy atom. The van der Waals surface area contributed by atoms with Gasteiger partial charge in [0.15, 0.2) is 0 Å². The smallest absolute Gasteiger partial charge is 0.147 e. The second kappa shape index (κ2) is 5.53. The highest BCUT2D eigenvalue weighted by molar-refractivity contribution is 7.11. The molecule has 0 radical (unpaired) electrons. The molecule has 0 spiro atoms. The average molecular weight is 301 g/mol. The zero-order valence-corrected chi connectivity index (χ0v) is 12.6. The van der Waals surface area contributed by atoms with E-state index < -0.39 is 0 Å². The van der Waals surface area contributed by atoms with E-state index in [0.29, 0.717) is 18.1 Å². The Kier molecular flexibility index (Phi) is 3.57. The molecular weight excluding hydrogens is 286 g/mol. The van der Waals surface area contributed by atoms with Gasteiger partial charge in [0.25, 0.3) is 0 Å². The number of nitrogens with two attached hydrogens (primary N) is 1. The van der Waals surface area contributed by atoms with Crippen molar-refractivity contribution >= 4 is 17.2 Å². The van der Waals surface area contributed by atoms with Gasteiger partial charge in [-0.2, -0.15) is 0 Å². The number of benzene rings is 1. The standard InChI is InChI=1S/C14H15N5OS/c1-8-12(21-9(2)16-8)7-20-11-5-3-4-10(6-11)13-14(15)18-19-17-13/h3-6H,7H2,1-2H3,(H3,15,17,18,19). The highest BCUT2D eigenvalue weighted by Crippen LogP contribution is 2.26. The maximum Gasteiger partial charge on any atom is 0.147 e. The van der Waals surface area contributed by atoms with E-state index in [4.69, 9.17) is 10.5 Å². The van der Waals surface area contributed by atoms with Crippen molar-refractivity contribution in [3.05, 3.63) is 39.8 Å². The molecule has 0 fully saturated rings. The SMILES string of the molecule is Cc1nc(C)c(COc2cccc(-c3nn[nH]c3N)c2)s1. The summed E-state index contributed by atoms with van der Waals surface area (Å²) < 4.78 is 5.84. The van der Waals surface area contributed by atoms with E-state index >= 15 is 0 Å². The third kappa shape index (κ3) is 2.87. The number of anilines is 1. The largest absolute Gasteiger partial charge is 0.488 e. The number of rotatable bonds is 4. The van der Waals surface area contributed by atoms with Crippen LogP contribution in [0.1, 0.15) is 15.6 Å². The van der Waals surface area contributed by atoms with Crippen molar-refractivity contribution in [3.8, 4) is 17.0 Å². The molecule has 0 unspecified atom stereocenters. The van der Waals surface area contributed by atoms with E-state index in [2.05, 4.69) is 20.4 Å². The van der Waals surface area contributed by atoms with Gasteiger partial charge in [0, 0.05) is 5.56 Å². The summed E-state index contributed by atoms with van der Waals surface area (Å²) in [4.78, 5) is 5.53. The van der Waals surface area contributed by atoms with Gasteiger partial charge in [0.1, 0.15) is 23.9 Å². The molecule has 0 aliphatic carbocycles. The average Bonchev–Trinajstić information content (AvgIpc) is 3.02. The lowest BCUT2D eigenvalue weighted by Gasteiger charge is -2.06. The van der Waals surface area contributed by atoms with E-state index in [1.807, 2.05) is 38.1 Å². The summed E-state index contributed by atoms with van der Waals surface area (Å²) >= 11 is 1.65. The summed E-state index contributed by atoms with van der Waals surface area (Å²) in [5, 5.41) is 11.3. The molecule has 0 aliphatic rings. The summed E-state index contributed by atoms with van der Waals surface area (Å²) in [7, 11) is 0. The van der Waals surface area contributed by atoms with Gasteiger partial charge >= 0.3 is 0 Å². The maximum absolute atomic E-state index is 5.84. The summed E-state index contributed by atoms with van der Waals surface area (Å²) in [5.74, 6) is 1.21. The van der Waals surface area contributed by atoms with Gasteiger partial charge in [-0.15, -0.1) is 16.4 Å². The van der Waals surface area contributed by atoms with Crippen LogP contribution in [0.25, 0.3) is 11.3 Å². The Morgan fingerprint density at radius 3 is 2.86 bits per heavy atom. The van der Waals surface area contributed by atoms with E-state index in [1.54, 1.807) is 11.3 Å². The second-order valence-corrected chi connectivity index (χ2v) is 5.92. The van der Waals surface area contributed by atoms with E-state index in [1.165, 1.54) is 0 Å². The van der Waals surface area contributed by atoms with Gasteiger partial charge in [-0.3, -0.25) is 0 Å². The first kappa shape index (κ1) is 13.6. The molecule has 3 N–H and O–H groups in total. The lowest BCUT2D eigenvalue weighted by Crippen LogP contribution is -1.95. The quantitative estimate of drug-likeness (QED) is 0.773. The maximum atomic E-state index is 5.84. The molecule has 3 aromatic rings. The molecule has 108 valence electrons. The van der Waals surface area contributed by atoms with Crippen LogP contribution in [0, 0.1) is 13.8 Å². The Morgan fingerprint density at radius 1 is 1.33 bits per heavy atom. The molecule has 3 rings (SSSR count). The Bertz CT molecular complexity index is 764. The minimum absolute atomic E-state index is 0.445. The third-order valence-electron chi connectivity index (χ3n) is 3.05. The molecule has 6 nitrogen and oxygen atoms in total. The topological polar surface area (TPSA) is 89.7 Å². The highest BCUT2D eigenvalue weighted by atomic mass is 32.1. The van der Waals surface area contributed by atoms with Crippen molar-refractivity contribution in [2.24, 2.45) is 0 Å². The number of thiazole rings is 1. The van der Waals surface area contributed by atoms with E-state index in [9.17, 15) is 0 Å². The van der Waals surface area contributed by atoms with Gasteiger partial charge in [-0.25, -0.2) is 10.1 Å². The fraction of sp³-hybridized carbons (Fsp3) is 0.214. The lowest BCUT2D eigenvalue weighted by molar-refractivity contribution is 0.309. The predicted octanol–water partition coefficient (Wildman–Crippen LogP) is 2.71. The van der Waals surface area contributed by atoms with E-state index in [-0.39, 0.29) is 0 Å². The molecule has 0 saturated heterocycles. The molecule has 0 saturated carbocycles. The zero-order chi connectivity index (χ0) is 14.8. The van der Waals surface area contributed by atoms with Crippen molar-refractivity contribution in [2.45, 2.75) is 20.5 Å². The van der Waals surface area contributed by atoms with Crippen molar-refractivity contribution in [1.29, 1.82) is 0 Å². The minimum Gasteiger partial charge on any atom is -0.488 e. The fourth-order valence-electron chi connectivity index (χ4n) is 2.04. The molecular formula is C14H15N5OS. The molecule has 1 aromatic carbocycles. The number of hydrogen-bond donors (Lipinski definition) is 2. The first-order valence-electron chi connectivity index (χ1n) is 6.46. The zero-order valence-electron chi connectivity index (χ0n) is 11.8. The second-order valence-electron chi connectivity index (χ2n) is 4.63. The molecule has 0 bridgehead atoms. The number of aromatic amines is 1. The van der Waals surface area contributed by atoms with Gasteiger partial charge in [-0.1, -0.05) is 17.3 Å². The molecule has 0 atom stereocenters. The summed E-state index contributed by atoms with van der Waals surface area (Å²) in [6.45, 7) is 4.50. The van der Waals surface area contributed by atoms with Crippen LogP contribution in [-0.2, 0) is 6.61 Å². The van der Waals surface area contributed by atoms with Crippen LogP contribution < -0.4 is 10.5 Å².